The highest BCUT2D eigenvalue weighted by atomic mass is 79.9. The van der Waals surface area contributed by atoms with Gasteiger partial charge in [-0.2, -0.15) is 5.10 Å². The Bertz CT molecular complexity index is 493. The fourth-order valence-electron chi connectivity index (χ4n) is 1.72. The number of nitrogen functional groups attached to an aromatic ring is 1. The molecule has 4 nitrogen and oxygen atoms in total. The van der Waals surface area contributed by atoms with Crippen LogP contribution in [0, 0.1) is 0 Å². The van der Waals surface area contributed by atoms with Crippen molar-refractivity contribution < 1.29 is 4.74 Å². The summed E-state index contributed by atoms with van der Waals surface area (Å²) in [5.41, 5.74) is 8.92. The number of nitrogens with two attached hydrogens (primary N) is 1. The maximum atomic E-state index is 5.89. The molecule has 1 aromatic heterocycles. The van der Waals surface area contributed by atoms with Gasteiger partial charge in [-0.05, 0) is 17.7 Å². The standard InChI is InChI=1S/C12H14BrN3O/c1-17-7-6-10-11(12(14)16-15-10)8-2-4-9(13)5-3-8/h2-5H,6-7H2,1H3,(H3,14,15,16). The Labute approximate surface area is 108 Å². The number of hydrogen-bond donors (Lipinski definition) is 2. The van der Waals surface area contributed by atoms with Crippen LogP contribution < -0.4 is 5.73 Å². The summed E-state index contributed by atoms with van der Waals surface area (Å²) >= 11 is 3.41. The minimum absolute atomic E-state index is 0.526. The number of hydrogen-bond acceptors (Lipinski definition) is 3. The predicted octanol–water partition coefficient (Wildman–Crippen LogP) is 2.61. The molecule has 2 aromatic rings. The minimum Gasteiger partial charge on any atom is -0.384 e. The van der Waals surface area contributed by atoms with Crippen molar-refractivity contribution in [2.75, 3.05) is 19.5 Å². The van der Waals surface area contributed by atoms with Crippen LogP contribution in [0.5, 0.6) is 0 Å². The number of nitrogens with zero attached hydrogens (tertiary/aromatic N) is 1. The molecule has 0 bridgehead atoms. The predicted molar refractivity (Wildman–Crippen MR) is 71.7 cm³/mol. The van der Waals surface area contributed by atoms with Gasteiger partial charge >= 0.3 is 0 Å². The van der Waals surface area contributed by atoms with Crippen LogP contribution >= 0.6 is 15.9 Å². The normalized spacial score (nSPS) is 10.7. The molecule has 0 radical (unpaired) electrons. The van der Waals surface area contributed by atoms with Gasteiger partial charge in [0.25, 0.3) is 0 Å². The molecule has 0 aliphatic rings. The van der Waals surface area contributed by atoms with Gasteiger partial charge in [0.05, 0.1) is 6.61 Å². The van der Waals surface area contributed by atoms with Crippen LogP contribution in [-0.4, -0.2) is 23.9 Å². The Morgan fingerprint density at radius 1 is 1.35 bits per heavy atom. The van der Waals surface area contributed by atoms with Gasteiger partial charge < -0.3 is 10.5 Å². The summed E-state index contributed by atoms with van der Waals surface area (Å²) < 4.78 is 6.11. The van der Waals surface area contributed by atoms with Gasteiger partial charge in [-0.15, -0.1) is 0 Å². The second kappa shape index (κ2) is 5.33. The van der Waals surface area contributed by atoms with Gasteiger partial charge in [0, 0.05) is 29.3 Å². The molecule has 0 unspecified atom stereocenters. The lowest BCUT2D eigenvalue weighted by Crippen LogP contribution is -1.97. The number of nitrogens with one attached hydrogen (secondary N) is 1. The third-order valence-corrected chi connectivity index (χ3v) is 3.09. The molecule has 0 aliphatic carbocycles. The first kappa shape index (κ1) is 12.1. The molecule has 17 heavy (non-hydrogen) atoms. The quantitative estimate of drug-likeness (QED) is 0.911. The van der Waals surface area contributed by atoms with Crippen LogP contribution in [0.1, 0.15) is 5.69 Å². The zero-order chi connectivity index (χ0) is 12.3. The average Bonchev–Trinajstić information content (AvgIpc) is 2.69. The van der Waals surface area contributed by atoms with Crippen molar-refractivity contribution in [3.8, 4) is 11.1 Å². The maximum Gasteiger partial charge on any atom is 0.153 e. The lowest BCUT2D eigenvalue weighted by Gasteiger charge is -2.04. The van der Waals surface area contributed by atoms with Gasteiger partial charge in [0.1, 0.15) is 0 Å². The smallest absolute Gasteiger partial charge is 0.153 e. The molecular formula is C12H14BrN3O. The van der Waals surface area contributed by atoms with Crippen LogP contribution in [0.25, 0.3) is 11.1 Å². The molecule has 3 N–H and O–H groups in total. The van der Waals surface area contributed by atoms with E-state index >= 15 is 0 Å². The van der Waals surface area contributed by atoms with E-state index in [0.29, 0.717) is 12.4 Å². The van der Waals surface area contributed by atoms with Crippen molar-refractivity contribution in [1.82, 2.24) is 10.2 Å². The van der Waals surface area contributed by atoms with E-state index < -0.39 is 0 Å². The molecule has 5 heteroatoms. The van der Waals surface area contributed by atoms with Crippen molar-refractivity contribution in [1.29, 1.82) is 0 Å². The molecule has 0 fully saturated rings. The Hall–Kier alpha value is -1.33. The van der Waals surface area contributed by atoms with Gasteiger partial charge in [0.15, 0.2) is 5.82 Å². The van der Waals surface area contributed by atoms with Crippen molar-refractivity contribution in [2.24, 2.45) is 0 Å². The molecule has 1 aromatic carbocycles. The third kappa shape index (κ3) is 2.68. The zero-order valence-electron chi connectivity index (χ0n) is 9.53. The summed E-state index contributed by atoms with van der Waals surface area (Å²) in [6, 6.07) is 8.01. The van der Waals surface area contributed by atoms with Crippen molar-refractivity contribution >= 4 is 21.7 Å². The van der Waals surface area contributed by atoms with Crippen molar-refractivity contribution in [3.05, 3.63) is 34.4 Å². The van der Waals surface area contributed by atoms with E-state index in [-0.39, 0.29) is 0 Å². The Morgan fingerprint density at radius 2 is 2.06 bits per heavy atom. The summed E-state index contributed by atoms with van der Waals surface area (Å²) in [4.78, 5) is 0. The number of H-pyrrole nitrogens is 1. The number of aromatic nitrogens is 2. The molecule has 0 amide bonds. The van der Waals surface area contributed by atoms with E-state index in [9.17, 15) is 0 Å². The Kier molecular flexibility index (Phi) is 3.81. The fraction of sp³-hybridized carbons (Fsp3) is 0.250. The van der Waals surface area contributed by atoms with E-state index in [0.717, 1.165) is 27.7 Å². The van der Waals surface area contributed by atoms with Gasteiger partial charge in [-0.3, -0.25) is 5.10 Å². The number of aromatic amines is 1. The first-order valence-electron chi connectivity index (χ1n) is 5.30. The summed E-state index contributed by atoms with van der Waals surface area (Å²) in [5.74, 6) is 0.526. The molecule has 1 heterocycles. The second-order valence-electron chi connectivity index (χ2n) is 3.71. The van der Waals surface area contributed by atoms with E-state index in [2.05, 4.69) is 26.1 Å². The molecule has 2 rings (SSSR count). The molecule has 0 spiro atoms. The van der Waals surface area contributed by atoms with Crippen molar-refractivity contribution in [2.45, 2.75) is 6.42 Å². The summed E-state index contributed by atoms with van der Waals surface area (Å²) in [6.45, 7) is 0.644. The maximum absolute atomic E-state index is 5.89. The molecule has 90 valence electrons. The van der Waals surface area contributed by atoms with Gasteiger partial charge in [-0.25, -0.2) is 0 Å². The number of benzene rings is 1. The highest BCUT2D eigenvalue weighted by Gasteiger charge is 2.12. The SMILES string of the molecule is COCCc1[nH]nc(N)c1-c1ccc(Br)cc1. The monoisotopic (exact) mass is 295 g/mol. The van der Waals surface area contributed by atoms with Crippen LogP contribution in [0.4, 0.5) is 5.82 Å². The lowest BCUT2D eigenvalue weighted by atomic mass is 10.0. The number of rotatable bonds is 4. The minimum atomic E-state index is 0.526. The fourth-order valence-corrected chi connectivity index (χ4v) is 1.98. The van der Waals surface area contributed by atoms with Crippen LogP contribution in [0.3, 0.4) is 0 Å². The van der Waals surface area contributed by atoms with E-state index in [1.807, 2.05) is 24.3 Å². The zero-order valence-corrected chi connectivity index (χ0v) is 11.1. The number of methoxy groups -OCH3 is 1. The van der Waals surface area contributed by atoms with Crippen LogP contribution in [0.15, 0.2) is 28.7 Å². The van der Waals surface area contributed by atoms with E-state index in [4.69, 9.17) is 10.5 Å². The van der Waals surface area contributed by atoms with Crippen molar-refractivity contribution in [3.63, 3.8) is 0 Å². The summed E-state index contributed by atoms with van der Waals surface area (Å²) in [7, 11) is 1.68. The molecular weight excluding hydrogens is 282 g/mol. The Balaban J connectivity index is 2.36. The molecule has 0 saturated carbocycles. The van der Waals surface area contributed by atoms with E-state index in [1.165, 1.54) is 0 Å². The topological polar surface area (TPSA) is 63.9 Å². The highest BCUT2D eigenvalue weighted by molar-refractivity contribution is 9.10. The van der Waals surface area contributed by atoms with Gasteiger partial charge in [0.2, 0.25) is 0 Å². The first-order chi connectivity index (χ1) is 8.22. The molecule has 0 saturated heterocycles. The first-order valence-corrected chi connectivity index (χ1v) is 6.09. The van der Waals surface area contributed by atoms with Gasteiger partial charge in [-0.1, -0.05) is 28.1 Å². The van der Waals surface area contributed by atoms with E-state index in [1.54, 1.807) is 7.11 Å². The number of ether oxygens (including phenoxy) is 1. The average molecular weight is 296 g/mol. The number of halogens is 1. The summed E-state index contributed by atoms with van der Waals surface area (Å²) in [5, 5.41) is 7.01. The molecule has 0 atom stereocenters. The second-order valence-corrected chi connectivity index (χ2v) is 4.63. The highest BCUT2D eigenvalue weighted by Crippen LogP contribution is 2.29. The van der Waals surface area contributed by atoms with Crippen LogP contribution in [0.2, 0.25) is 0 Å². The summed E-state index contributed by atoms with van der Waals surface area (Å²) in [6.07, 6.45) is 0.770. The number of anilines is 1. The molecule has 0 aliphatic heterocycles. The lowest BCUT2D eigenvalue weighted by molar-refractivity contribution is 0.201. The largest absolute Gasteiger partial charge is 0.384 e. The van der Waals surface area contributed by atoms with Crippen LogP contribution in [-0.2, 0) is 11.2 Å². The third-order valence-electron chi connectivity index (χ3n) is 2.56. The Morgan fingerprint density at radius 3 is 2.71 bits per heavy atom.